The number of likely N-dealkylation sites (N-methyl/N-ethyl adjacent to an activating group) is 2. The fourth-order valence-electron chi connectivity index (χ4n) is 5.29. The van der Waals surface area contributed by atoms with Crippen LogP contribution in [0.3, 0.4) is 0 Å². The van der Waals surface area contributed by atoms with E-state index in [1.165, 1.54) is 10.5 Å². The van der Waals surface area contributed by atoms with Crippen molar-refractivity contribution in [2.45, 2.75) is 25.4 Å². The van der Waals surface area contributed by atoms with Crippen LogP contribution in [-0.2, 0) is 24.2 Å². The van der Waals surface area contributed by atoms with E-state index in [-0.39, 0.29) is 17.9 Å². The summed E-state index contributed by atoms with van der Waals surface area (Å²) in [5, 5.41) is 3.00. The lowest BCUT2D eigenvalue weighted by Gasteiger charge is -2.33. The van der Waals surface area contributed by atoms with Crippen LogP contribution in [0.1, 0.15) is 16.7 Å². The summed E-state index contributed by atoms with van der Waals surface area (Å²) < 4.78 is 0. The fourth-order valence-corrected chi connectivity index (χ4v) is 5.29. The predicted octanol–water partition coefficient (Wildman–Crippen LogP) is 2.24. The normalized spacial score (nSPS) is 16.3. The number of fused-ring (bicyclic) bond motifs is 1. The molecule has 1 atom stereocenters. The fraction of sp³-hybridized carbons (Fsp3) is 0.400. The Labute approximate surface area is 235 Å². The van der Waals surface area contributed by atoms with Crippen LogP contribution in [0.5, 0.6) is 0 Å². The largest absolute Gasteiger partial charge is 0.368 e. The molecule has 5 rings (SSSR count). The number of rotatable bonds is 6. The second-order valence-electron chi connectivity index (χ2n) is 10.8. The zero-order chi connectivity index (χ0) is 28.2. The summed E-state index contributed by atoms with van der Waals surface area (Å²) in [5.41, 5.74) is 11.1. The Bertz CT molecular complexity index is 1360. The first-order chi connectivity index (χ1) is 19.3. The van der Waals surface area contributed by atoms with Crippen molar-refractivity contribution in [2.24, 2.45) is 0 Å². The SMILES string of the molecule is CN1CCN(c2cc(-c3ccc4c(c3)CN(C(=O)NC(Cc3ccccc3)C(=O)N(C)C)CC4)nc(N)n2)CC1. The van der Waals surface area contributed by atoms with E-state index in [1.54, 1.807) is 19.0 Å². The van der Waals surface area contributed by atoms with E-state index < -0.39 is 6.04 Å². The molecule has 0 aliphatic carbocycles. The van der Waals surface area contributed by atoms with Crippen molar-refractivity contribution < 1.29 is 9.59 Å². The zero-order valence-corrected chi connectivity index (χ0v) is 23.5. The molecule has 40 heavy (non-hydrogen) atoms. The van der Waals surface area contributed by atoms with Crippen LogP contribution in [0.2, 0.25) is 0 Å². The summed E-state index contributed by atoms with van der Waals surface area (Å²) in [5.74, 6) is 0.957. The number of amides is 3. The smallest absolute Gasteiger partial charge is 0.318 e. The van der Waals surface area contributed by atoms with Crippen molar-refractivity contribution in [1.82, 2.24) is 30.0 Å². The van der Waals surface area contributed by atoms with Gasteiger partial charge >= 0.3 is 6.03 Å². The molecule has 2 aliphatic rings. The average Bonchev–Trinajstić information content (AvgIpc) is 2.96. The van der Waals surface area contributed by atoms with Crippen LogP contribution in [0.15, 0.2) is 54.6 Å². The number of hydrogen-bond acceptors (Lipinski definition) is 7. The standard InChI is InChI=1S/C30H38N8O2/c1-35(2)28(39)26(17-21-7-5-4-6-8-21)33-30(40)38-12-11-22-9-10-23(18-24(22)20-38)25-19-27(34-29(31)32-25)37-15-13-36(3)14-16-37/h4-10,18-19,26H,11-17,20H2,1-3H3,(H,33,40)(H2,31,32,34). The molecule has 2 aliphatic heterocycles. The molecule has 3 N–H and O–H groups in total. The molecule has 1 unspecified atom stereocenters. The third-order valence-electron chi connectivity index (χ3n) is 7.68. The van der Waals surface area contributed by atoms with Crippen molar-refractivity contribution in [3.8, 4) is 11.3 Å². The molecule has 3 aromatic rings. The van der Waals surface area contributed by atoms with Gasteiger partial charge in [0.2, 0.25) is 11.9 Å². The van der Waals surface area contributed by atoms with Crippen molar-refractivity contribution in [3.05, 3.63) is 71.3 Å². The maximum atomic E-state index is 13.4. The molecule has 210 valence electrons. The second-order valence-corrected chi connectivity index (χ2v) is 10.8. The van der Waals surface area contributed by atoms with Crippen molar-refractivity contribution in [2.75, 3.05) is 64.5 Å². The number of carbonyl (C=O) groups excluding carboxylic acids is 2. The number of nitrogens with zero attached hydrogens (tertiary/aromatic N) is 6. The molecule has 3 heterocycles. The van der Waals surface area contributed by atoms with Crippen LogP contribution in [-0.4, -0.2) is 96.5 Å². The van der Waals surface area contributed by atoms with E-state index in [1.807, 2.05) is 36.4 Å². The Morgan fingerprint density at radius 3 is 2.45 bits per heavy atom. The first-order valence-electron chi connectivity index (χ1n) is 13.8. The summed E-state index contributed by atoms with van der Waals surface area (Å²) in [6.07, 6.45) is 1.18. The molecule has 1 saturated heterocycles. The number of nitrogens with two attached hydrogens (primary N) is 1. The van der Waals surface area contributed by atoms with E-state index >= 15 is 0 Å². The Morgan fingerprint density at radius 2 is 1.73 bits per heavy atom. The summed E-state index contributed by atoms with van der Waals surface area (Å²) in [6.45, 7) is 4.77. The van der Waals surface area contributed by atoms with Gasteiger partial charge in [-0.3, -0.25) is 4.79 Å². The van der Waals surface area contributed by atoms with Gasteiger partial charge in [0.15, 0.2) is 0 Å². The van der Waals surface area contributed by atoms with Crippen LogP contribution in [0.25, 0.3) is 11.3 Å². The third kappa shape index (κ3) is 6.34. The summed E-state index contributed by atoms with van der Waals surface area (Å²) in [7, 11) is 5.54. The number of carbonyl (C=O) groups is 2. The van der Waals surface area contributed by atoms with E-state index in [9.17, 15) is 9.59 Å². The highest BCUT2D eigenvalue weighted by Gasteiger charge is 2.27. The molecule has 1 aromatic heterocycles. The Balaban J connectivity index is 1.32. The highest BCUT2D eigenvalue weighted by atomic mass is 16.2. The first kappa shape index (κ1) is 27.4. The number of anilines is 2. The van der Waals surface area contributed by atoms with Crippen LogP contribution in [0, 0.1) is 0 Å². The van der Waals surface area contributed by atoms with E-state index in [4.69, 9.17) is 5.73 Å². The molecule has 1 fully saturated rings. The minimum absolute atomic E-state index is 0.130. The maximum absolute atomic E-state index is 13.4. The van der Waals surface area contributed by atoms with Crippen molar-refractivity contribution >= 4 is 23.7 Å². The summed E-state index contributed by atoms with van der Waals surface area (Å²) in [6, 6.07) is 17.1. The molecule has 2 aromatic carbocycles. The molecule has 10 heteroatoms. The molecule has 0 saturated carbocycles. The van der Waals surface area contributed by atoms with E-state index in [2.05, 4.69) is 50.3 Å². The summed E-state index contributed by atoms with van der Waals surface area (Å²) >= 11 is 0. The highest BCUT2D eigenvalue weighted by molar-refractivity contribution is 5.87. The molecule has 0 spiro atoms. The second kappa shape index (κ2) is 11.9. The lowest BCUT2D eigenvalue weighted by Crippen LogP contribution is -2.52. The van der Waals surface area contributed by atoms with Crippen LogP contribution in [0.4, 0.5) is 16.6 Å². The molecular weight excluding hydrogens is 504 g/mol. The highest BCUT2D eigenvalue weighted by Crippen LogP contribution is 2.28. The van der Waals surface area contributed by atoms with Gasteiger partial charge in [-0.15, -0.1) is 0 Å². The van der Waals surface area contributed by atoms with Gasteiger partial charge in [-0.25, -0.2) is 9.78 Å². The third-order valence-corrected chi connectivity index (χ3v) is 7.68. The number of nitrogens with one attached hydrogen (secondary N) is 1. The zero-order valence-electron chi connectivity index (χ0n) is 23.5. The van der Waals surface area contributed by atoms with Gasteiger partial charge < -0.3 is 30.7 Å². The Morgan fingerprint density at radius 1 is 0.975 bits per heavy atom. The summed E-state index contributed by atoms with van der Waals surface area (Å²) in [4.78, 5) is 43.2. The lowest BCUT2D eigenvalue weighted by molar-refractivity contribution is -0.130. The molecule has 0 bridgehead atoms. The number of nitrogen functional groups attached to an aromatic ring is 1. The lowest BCUT2D eigenvalue weighted by atomic mass is 9.96. The van der Waals surface area contributed by atoms with Gasteiger partial charge in [0.05, 0.1) is 5.69 Å². The van der Waals surface area contributed by atoms with Gasteiger partial charge in [0.1, 0.15) is 11.9 Å². The van der Waals surface area contributed by atoms with Crippen molar-refractivity contribution in [1.29, 1.82) is 0 Å². The van der Waals surface area contributed by atoms with Crippen LogP contribution < -0.4 is 16.0 Å². The van der Waals surface area contributed by atoms with Gasteiger partial charge in [-0.1, -0.05) is 42.5 Å². The van der Waals surface area contributed by atoms with Crippen molar-refractivity contribution in [3.63, 3.8) is 0 Å². The average molecular weight is 543 g/mol. The number of urea groups is 1. The quantitative estimate of drug-likeness (QED) is 0.492. The number of benzene rings is 2. The molecule has 0 radical (unpaired) electrons. The minimum Gasteiger partial charge on any atom is -0.368 e. The topological polar surface area (TPSA) is 111 Å². The van der Waals surface area contributed by atoms with Gasteiger partial charge in [0, 0.05) is 71.4 Å². The predicted molar refractivity (Wildman–Crippen MR) is 157 cm³/mol. The molecule has 10 nitrogen and oxygen atoms in total. The number of hydrogen-bond donors (Lipinski definition) is 2. The van der Waals surface area contributed by atoms with Gasteiger partial charge in [0.25, 0.3) is 0 Å². The van der Waals surface area contributed by atoms with E-state index in [0.717, 1.165) is 60.8 Å². The maximum Gasteiger partial charge on any atom is 0.318 e. The molecule has 3 amide bonds. The van der Waals surface area contributed by atoms with Gasteiger partial charge in [-0.2, -0.15) is 4.98 Å². The number of aromatic nitrogens is 2. The van der Waals surface area contributed by atoms with E-state index in [0.29, 0.717) is 19.5 Å². The van der Waals surface area contributed by atoms with Crippen LogP contribution >= 0.6 is 0 Å². The minimum atomic E-state index is -0.644. The Hall–Kier alpha value is -4.18. The molecular formula is C30H38N8O2. The monoisotopic (exact) mass is 542 g/mol. The number of piperazine rings is 1. The Kier molecular flexibility index (Phi) is 8.16. The van der Waals surface area contributed by atoms with Gasteiger partial charge in [-0.05, 0) is 36.2 Å². The first-order valence-corrected chi connectivity index (χ1v) is 13.8.